The molecule has 1 N–H and O–H groups in total. The van der Waals surface area contributed by atoms with Crippen molar-refractivity contribution in [2.24, 2.45) is 5.92 Å². The van der Waals surface area contributed by atoms with E-state index in [0.717, 1.165) is 12.8 Å². The average molecular weight is 443 g/mol. The summed E-state index contributed by atoms with van der Waals surface area (Å²) in [5.41, 5.74) is 0.382. The third kappa shape index (κ3) is 4.84. The molecule has 2 atom stereocenters. The quantitative estimate of drug-likeness (QED) is 0.569. The largest absolute Gasteiger partial charge is 0.467 e. The van der Waals surface area contributed by atoms with E-state index in [1.807, 2.05) is 20.8 Å². The Bertz CT molecular complexity index is 1110. The maximum Gasteiger partial charge on any atom is 0.410 e. The summed E-state index contributed by atoms with van der Waals surface area (Å²) in [5.74, 6) is -0.825. The molecule has 2 unspecified atom stereocenters. The van der Waals surface area contributed by atoms with Crippen molar-refractivity contribution < 1.29 is 23.0 Å². The van der Waals surface area contributed by atoms with Crippen LogP contribution in [-0.4, -0.2) is 39.9 Å². The Balaban J connectivity index is 1.65. The van der Waals surface area contributed by atoms with E-state index in [1.165, 1.54) is 18.2 Å². The lowest BCUT2D eigenvalue weighted by Crippen LogP contribution is -2.44. The van der Waals surface area contributed by atoms with E-state index in [2.05, 4.69) is 10.2 Å². The van der Waals surface area contributed by atoms with Gasteiger partial charge in [0.1, 0.15) is 23.3 Å². The maximum atomic E-state index is 14.8. The molecule has 0 radical (unpaired) electrons. The Hall–Kier alpha value is -3.16. The molecule has 1 amide bonds. The molecule has 6 nitrogen and oxygen atoms in total. The summed E-state index contributed by atoms with van der Waals surface area (Å²) < 4.78 is 40.4. The standard InChI is InChI=1S/C24H27F2N3O3/c1-24(2,3)32-23(30)29-12-6-7-15(14-29)21(17-8-4-5-9-19(17)26)31-22-18-13-16(25)10-11-20(18)27-28-22/h4-5,8-11,13,15,21H,6-7,12,14H2,1-3H3,(H,27,28). The SMILES string of the molecule is CC(C)(C)OC(=O)N1CCCC(C(Oc2n[nH]c3ccc(F)cc23)c2ccccc2F)C1. The molecular weight excluding hydrogens is 416 g/mol. The van der Waals surface area contributed by atoms with Gasteiger partial charge in [-0.15, -0.1) is 5.10 Å². The van der Waals surface area contributed by atoms with Crippen LogP contribution in [0.25, 0.3) is 10.9 Å². The fraction of sp³-hybridized carbons (Fsp3) is 0.417. The van der Waals surface area contributed by atoms with Crippen LogP contribution in [0.15, 0.2) is 42.5 Å². The van der Waals surface area contributed by atoms with Crippen molar-refractivity contribution in [2.75, 3.05) is 13.1 Å². The van der Waals surface area contributed by atoms with Crippen LogP contribution in [0.1, 0.15) is 45.3 Å². The number of fused-ring (bicyclic) bond motifs is 1. The van der Waals surface area contributed by atoms with Crippen LogP contribution in [0.5, 0.6) is 5.88 Å². The molecule has 2 aromatic carbocycles. The maximum absolute atomic E-state index is 14.8. The molecule has 0 bridgehead atoms. The molecule has 1 aliphatic rings. The van der Waals surface area contributed by atoms with Crippen molar-refractivity contribution in [3.05, 3.63) is 59.7 Å². The number of hydrogen-bond donors (Lipinski definition) is 1. The summed E-state index contributed by atoms with van der Waals surface area (Å²) in [7, 11) is 0. The number of benzene rings is 2. The number of amides is 1. The highest BCUT2D eigenvalue weighted by molar-refractivity contribution is 5.83. The van der Waals surface area contributed by atoms with E-state index in [9.17, 15) is 13.6 Å². The van der Waals surface area contributed by atoms with E-state index < -0.39 is 29.4 Å². The molecule has 4 rings (SSSR count). The number of halogens is 2. The molecule has 32 heavy (non-hydrogen) atoms. The lowest BCUT2D eigenvalue weighted by atomic mass is 9.88. The second kappa shape index (κ2) is 8.76. The highest BCUT2D eigenvalue weighted by atomic mass is 19.1. The van der Waals surface area contributed by atoms with Crippen LogP contribution in [0, 0.1) is 17.6 Å². The van der Waals surface area contributed by atoms with Gasteiger partial charge in [-0.3, -0.25) is 5.10 Å². The van der Waals surface area contributed by atoms with Crippen molar-refractivity contribution in [1.29, 1.82) is 0 Å². The second-order valence-corrected chi connectivity index (χ2v) is 9.11. The first-order valence-electron chi connectivity index (χ1n) is 10.7. The Kier molecular flexibility index (Phi) is 6.04. The summed E-state index contributed by atoms with van der Waals surface area (Å²) in [5, 5.41) is 7.49. The van der Waals surface area contributed by atoms with Crippen molar-refractivity contribution in [3.8, 4) is 5.88 Å². The first-order valence-corrected chi connectivity index (χ1v) is 10.7. The topological polar surface area (TPSA) is 67.4 Å². The van der Waals surface area contributed by atoms with Gasteiger partial charge in [0, 0.05) is 24.6 Å². The van der Waals surface area contributed by atoms with Crippen LogP contribution >= 0.6 is 0 Å². The van der Waals surface area contributed by atoms with Crippen molar-refractivity contribution >= 4 is 17.0 Å². The van der Waals surface area contributed by atoms with Gasteiger partial charge in [0.2, 0.25) is 5.88 Å². The molecule has 1 saturated heterocycles. The normalized spacial score (nSPS) is 17.9. The van der Waals surface area contributed by atoms with E-state index >= 15 is 0 Å². The van der Waals surface area contributed by atoms with E-state index in [1.54, 1.807) is 29.2 Å². The molecule has 1 aromatic heterocycles. The van der Waals surface area contributed by atoms with Gasteiger partial charge in [-0.25, -0.2) is 13.6 Å². The van der Waals surface area contributed by atoms with Gasteiger partial charge < -0.3 is 14.4 Å². The number of aromatic amines is 1. The minimum atomic E-state index is -0.712. The van der Waals surface area contributed by atoms with E-state index in [-0.39, 0.29) is 11.8 Å². The number of piperidine rings is 1. The lowest BCUT2D eigenvalue weighted by molar-refractivity contribution is 0.00518. The number of aromatic nitrogens is 2. The third-order valence-corrected chi connectivity index (χ3v) is 5.48. The molecule has 0 aliphatic carbocycles. The van der Waals surface area contributed by atoms with Gasteiger partial charge >= 0.3 is 6.09 Å². The third-order valence-electron chi connectivity index (χ3n) is 5.48. The minimum absolute atomic E-state index is 0.196. The molecule has 0 saturated carbocycles. The summed E-state index contributed by atoms with van der Waals surface area (Å²) in [6.07, 6.45) is 0.349. The lowest BCUT2D eigenvalue weighted by Gasteiger charge is -2.37. The van der Waals surface area contributed by atoms with Crippen molar-refractivity contribution in [3.63, 3.8) is 0 Å². The monoisotopic (exact) mass is 443 g/mol. The highest BCUT2D eigenvalue weighted by Gasteiger charge is 2.35. The molecule has 2 heterocycles. The fourth-order valence-electron chi connectivity index (χ4n) is 4.04. The highest BCUT2D eigenvalue weighted by Crippen LogP contribution is 2.37. The molecule has 0 spiro atoms. The van der Waals surface area contributed by atoms with Crippen LogP contribution in [-0.2, 0) is 4.74 Å². The zero-order valence-corrected chi connectivity index (χ0v) is 18.4. The minimum Gasteiger partial charge on any atom is -0.467 e. The fourth-order valence-corrected chi connectivity index (χ4v) is 4.04. The Labute approximate surface area is 185 Å². The van der Waals surface area contributed by atoms with Gasteiger partial charge in [0.15, 0.2) is 0 Å². The molecule has 1 aliphatic heterocycles. The van der Waals surface area contributed by atoms with Crippen molar-refractivity contribution in [2.45, 2.75) is 45.3 Å². The number of H-pyrrole nitrogens is 1. The van der Waals surface area contributed by atoms with Crippen molar-refractivity contribution in [1.82, 2.24) is 15.1 Å². The predicted octanol–water partition coefficient (Wildman–Crippen LogP) is 5.61. The number of nitrogens with zero attached hydrogens (tertiary/aromatic N) is 2. The summed E-state index contributed by atoms with van der Waals surface area (Å²) >= 11 is 0. The number of carbonyl (C=O) groups excluding carboxylic acids is 1. The van der Waals surface area contributed by atoms with E-state index in [0.29, 0.717) is 29.6 Å². The van der Waals surface area contributed by atoms with Gasteiger partial charge in [0.05, 0.1) is 10.9 Å². The number of likely N-dealkylation sites (tertiary alicyclic amines) is 1. The van der Waals surface area contributed by atoms with Crippen LogP contribution < -0.4 is 4.74 Å². The smallest absolute Gasteiger partial charge is 0.410 e. The molecule has 8 heteroatoms. The second-order valence-electron chi connectivity index (χ2n) is 9.11. The molecular formula is C24H27F2N3O3. The summed E-state index contributed by atoms with van der Waals surface area (Å²) in [4.78, 5) is 14.3. The van der Waals surface area contributed by atoms with Gasteiger partial charge in [-0.05, 0) is 57.9 Å². The first-order chi connectivity index (χ1) is 15.2. The zero-order valence-electron chi connectivity index (χ0n) is 18.4. The zero-order chi connectivity index (χ0) is 22.9. The average Bonchev–Trinajstić information content (AvgIpc) is 3.13. The van der Waals surface area contributed by atoms with Crippen LogP contribution in [0.3, 0.4) is 0 Å². The molecule has 3 aromatic rings. The summed E-state index contributed by atoms with van der Waals surface area (Å²) in [6, 6.07) is 10.6. The van der Waals surface area contributed by atoms with Gasteiger partial charge in [-0.2, -0.15) is 0 Å². The van der Waals surface area contributed by atoms with Crippen LogP contribution in [0.4, 0.5) is 13.6 Å². The van der Waals surface area contributed by atoms with Gasteiger partial charge in [0.25, 0.3) is 0 Å². The van der Waals surface area contributed by atoms with E-state index in [4.69, 9.17) is 9.47 Å². The van der Waals surface area contributed by atoms with Crippen LogP contribution in [0.2, 0.25) is 0 Å². The molecule has 1 fully saturated rings. The number of carbonyl (C=O) groups is 1. The Morgan fingerprint density at radius 2 is 2.00 bits per heavy atom. The number of nitrogens with one attached hydrogen (secondary N) is 1. The summed E-state index contributed by atoms with van der Waals surface area (Å²) in [6.45, 7) is 6.37. The first kappa shape index (κ1) is 22.0. The predicted molar refractivity (Wildman–Crippen MR) is 116 cm³/mol. The number of ether oxygens (including phenoxy) is 2. The van der Waals surface area contributed by atoms with Gasteiger partial charge in [-0.1, -0.05) is 18.2 Å². The Morgan fingerprint density at radius 3 is 2.75 bits per heavy atom. The molecule has 170 valence electrons. The Morgan fingerprint density at radius 1 is 1.22 bits per heavy atom. The number of hydrogen-bond acceptors (Lipinski definition) is 4. The number of rotatable bonds is 4.